The minimum Gasteiger partial charge on any atom is -0.271 e. The molecule has 5 heteroatoms. The fraction of sp³-hybridized carbons (Fsp3) is 0.571. The Balaban J connectivity index is 1.97. The van der Waals surface area contributed by atoms with E-state index in [-0.39, 0.29) is 6.42 Å². The minimum atomic E-state index is -2.43. The van der Waals surface area contributed by atoms with Gasteiger partial charge in [-0.1, -0.05) is 0 Å². The summed E-state index contributed by atoms with van der Waals surface area (Å²) in [6.07, 6.45) is 3.46. The SMILES string of the molecule is FC1(F)CC1Cn1cc(I)cn1. The quantitative estimate of drug-likeness (QED) is 0.761. The van der Waals surface area contributed by atoms with Crippen molar-refractivity contribution in [2.24, 2.45) is 5.92 Å². The molecule has 2 nitrogen and oxygen atoms in total. The second-order valence-corrected chi connectivity index (χ2v) is 4.29. The molecule has 0 aromatic carbocycles. The average Bonchev–Trinajstić information content (AvgIpc) is 2.41. The van der Waals surface area contributed by atoms with Crippen molar-refractivity contribution < 1.29 is 8.78 Å². The van der Waals surface area contributed by atoms with Crippen LogP contribution in [0.2, 0.25) is 0 Å². The second-order valence-electron chi connectivity index (χ2n) is 3.04. The van der Waals surface area contributed by atoms with Crippen LogP contribution in [0.3, 0.4) is 0 Å². The van der Waals surface area contributed by atoms with Gasteiger partial charge in [0.2, 0.25) is 0 Å². The molecule has 0 N–H and O–H groups in total. The van der Waals surface area contributed by atoms with Crippen molar-refractivity contribution >= 4 is 22.6 Å². The maximum atomic E-state index is 12.4. The molecule has 1 aromatic heterocycles. The molecule has 1 saturated carbocycles. The van der Waals surface area contributed by atoms with E-state index in [2.05, 4.69) is 27.7 Å². The largest absolute Gasteiger partial charge is 0.271 e. The third kappa shape index (κ3) is 1.60. The molecule has 1 atom stereocenters. The van der Waals surface area contributed by atoms with E-state index in [0.717, 1.165) is 3.57 Å². The number of halogens is 3. The highest BCUT2D eigenvalue weighted by Crippen LogP contribution is 2.49. The van der Waals surface area contributed by atoms with Crippen molar-refractivity contribution in [3.63, 3.8) is 0 Å². The van der Waals surface area contributed by atoms with Crippen LogP contribution in [0.15, 0.2) is 12.4 Å². The van der Waals surface area contributed by atoms with E-state index >= 15 is 0 Å². The number of rotatable bonds is 2. The van der Waals surface area contributed by atoms with Crippen LogP contribution in [-0.2, 0) is 6.54 Å². The van der Waals surface area contributed by atoms with E-state index in [1.807, 2.05) is 0 Å². The number of alkyl halides is 2. The van der Waals surface area contributed by atoms with Crippen LogP contribution in [0.4, 0.5) is 8.78 Å². The molecule has 1 aliphatic carbocycles. The summed E-state index contributed by atoms with van der Waals surface area (Å²) in [6.45, 7) is 0.343. The molecule has 12 heavy (non-hydrogen) atoms. The zero-order valence-corrected chi connectivity index (χ0v) is 8.33. The Kier molecular flexibility index (Phi) is 1.85. The molecule has 0 bridgehead atoms. The summed E-state index contributed by atoms with van der Waals surface area (Å²) in [6, 6.07) is 0. The molecule has 1 heterocycles. The van der Waals surface area contributed by atoms with Gasteiger partial charge in [-0.15, -0.1) is 0 Å². The Morgan fingerprint density at radius 1 is 1.75 bits per heavy atom. The predicted molar refractivity (Wildman–Crippen MR) is 48.0 cm³/mol. The normalized spacial score (nSPS) is 25.8. The molecule has 0 saturated heterocycles. The lowest BCUT2D eigenvalue weighted by Gasteiger charge is -1.97. The third-order valence-electron chi connectivity index (χ3n) is 1.96. The summed E-state index contributed by atoms with van der Waals surface area (Å²) >= 11 is 2.11. The average molecular weight is 284 g/mol. The van der Waals surface area contributed by atoms with Gasteiger partial charge in [0.05, 0.1) is 9.77 Å². The first-order valence-corrected chi connectivity index (χ1v) is 4.71. The number of hydrogen-bond acceptors (Lipinski definition) is 1. The maximum Gasteiger partial charge on any atom is 0.253 e. The van der Waals surface area contributed by atoms with Crippen LogP contribution in [0, 0.1) is 9.49 Å². The summed E-state index contributed by atoms with van der Waals surface area (Å²) in [7, 11) is 0. The van der Waals surface area contributed by atoms with Crippen LogP contribution in [0.25, 0.3) is 0 Å². The topological polar surface area (TPSA) is 17.8 Å². The van der Waals surface area contributed by atoms with Crippen molar-refractivity contribution in [2.45, 2.75) is 18.9 Å². The summed E-state index contributed by atoms with van der Waals surface area (Å²) < 4.78 is 27.5. The number of hydrogen-bond donors (Lipinski definition) is 0. The molecule has 1 aliphatic rings. The van der Waals surface area contributed by atoms with E-state index in [4.69, 9.17) is 0 Å². The number of aromatic nitrogens is 2. The maximum absolute atomic E-state index is 12.4. The lowest BCUT2D eigenvalue weighted by molar-refractivity contribution is 0.0942. The highest BCUT2D eigenvalue weighted by molar-refractivity contribution is 14.1. The van der Waals surface area contributed by atoms with E-state index in [0.29, 0.717) is 6.54 Å². The fourth-order valence-electron chi connectivity index (χ4n) is 1.13. The van der Waals surface area contributed by atoms with Crippen LogP contribution in [0.5, 0.6) is 0 Å². The Morgan fingerprint density at radius 3 is 2.83 bits per heavy atom. The van der Waals surface area contributed by atoms with E-state index in [1.165, 1.54) is 0 Å². The predicted octanol–water partition coefficient (Wildman–Crippen LogP) is 2.14. The smallest absolute Gasteiger partial charge is 0.253 e. The molecule has 0 spiro atoms. The molecular weight excluding hydrogens is 277 g/mol. The van der Waals surface area contributed by atoms with Gasteiger partial charge in [0, 0.05) is 25.1 Å². The molecule has 1 unspecified atom stereocenters. The zero-order valence-electron chi connectivity index (χ0n) is 6.17. The van der Waals surface area contributed by atoms with Crippen molar-refractivity contribution in [1.29, 1.82) is 0 Å². The Hall–Kier alpha value is -0.200. The Bertz CT molecular complexity index is 297. The Morgan fingerprint density at radius 2 is 2.42 bits per heavy atom. The summed E-state index contributed by atoms with van der Waals surface area (Å²) in [5.41, 5.74) is 0. The first-order chi connectivity index (χ1) is 5.58. The van der Waals surface area contributed by atoms with Gasteiger partial charge in [-0.2, -0.15) is 5.10 Å². The minimum absolute atomic E-state index is 0.0173. The summed E-state index contributed by atoms with van der Waals surface area (Å²) in [4.78, 5) is 0. The highest BCUT2D eigenvalue weighted by atomic mass is 127. The summed E-state index contributed by atoms with van der Waals surface area (Å²) in [5.74, 6) is -2.93. The van der Waals surface area contributed by atoms with Gasteiger partial charge in [0.15, 0.2) is 0 Å². The lowest BCUT2D eigenvalue weighted by Crippen LogP contribution is -2.05. The van der Waals surface area contributed by atoms with Gasteiger partial charge in [-0.3, -0.25) is 4.68 Å². The zero-order chi connectivity index (χ0) is 8.77. The molecule has 0 amide bonds. The van der Waals surface area contributed by atoms with E-state index in [1.54, 1.807) is 17.1 Å². The molecular formula is C7H7F2IN2. The monoisotopic (exact) mass is 284 g/mol. The lowest BCUT2D eigenvalue weighted by atomic mass is 10.4. The van der Waals surface area contributed by atoms with Crippen molar-refractivity contribution in [1.82, 2.24) is 9.78 Å². The molecule has 1 fully saturated rings. The molecule has 66 valence electrons. The molecule has 1 aromatic rings. The van der Waals surface area contributed by atoms with Crippen LogP contribution < -0.4 is 0 Å². The third-order valence-corrected chi connectivity index (χ3v) is 2.52. The Labute approximate surface area is 82.1 Å². The van der Waals surface area contributed by atoms with Gasteiger partial charge < -0.3 is 0 Å². The van der Waals surface area contributed by atoms with Crippen LogP contribution in [-0.4, -0.2) is 15.7 Å². The molecule has 0 aliphatic heterocycles. The summed E-state index contributed by atoms with van der Waals surface area (Å²) in [5, 5.41) is 3.94. The van der Waals surface area contributed by atoms with Gasteiger partial charge in [0.1, 0.15) is 0 Å². The molecule has 0 radical (unpaired) electrons. The second kappa shape index (κ2) is 2.65. The standard InChI is InChI=1S/C7H7F2IN2/c8-7(9)1-5(7)3-12-4-6(10)2-11-12/h2,4-5H,1,3H2. The first kappa shape index (κ1) is 8.40. The van der Waals surface area contributed by atoms with Gasteiger partial charge in [-0.25, -0.2) is 8.78 Å². The van der Waals surface area contributed by atoms with Crippen LogP contribution in [0.1, 0.15) is 6.42 Å². The van der Waals surface area contributed by atoms with Gasteiger partial charge >= 0.3 is 0 Å². The molecule has 2 rings (SSSR count). The van der Waals surface area contributed by atoms with E-state index in [9.17, 15) is 8.78 Å². The van der Waals surface area contributed by atoms with Gasteiger partial charge in [0.25, 0.3) is 5.92 Å². The van der Waals surface area contributed by atoms with Crippen molar-refractivity contribution in [3.05, 3.63) is 16.0 Å². The van der Waals surface area contributed by atoms with Crippen LogP contribution >= 0.6 is 22.6 Å². The van der Waals surface area contributed by atoms with E-state index < -0.39 is 11.8 Å². The first-order valence-electron chi connectivity index (χ1n) is 3.64. The fourth-order valence-corrected chi connectivity index (χ4v) is 1.58. The number of nitrogens with zero attached hydrogens (tertiary/aromatic N) is 2. The highest BCUT2D eigenvalue weighted by Gasteiger charge is 2.56. The van der Waals surface area contributed by atoms with Gasteiger partial charge in [-0.05, 0) is 22.6 Å². The van der Waals surface area contributed by atoms with Crippen molar-refractivity contribution in [3.8, 4) is 0 Å². The van der Waals surface area contributed by atoms with Crippen molar-refractivity contribution in [2.75, 3.05) is 0 Å².